The SMILES string of the molecule is CC1(O)CCCN(C(=O)CCS(=O)(=O)c2ccccc2)C1. The van der Waals surface area contributed by atoms with E-state index in [1.54, 1.807) is 30.0 Å². The van der Waals surface area contributed by atoms with Crippen LogP contribution in [0, 0.1) is 0 Å². The molecule has 1 unspecified atom stereocenters. The van der Waals surface area contributed by atoms with Gasteiger partial charge in [0, 0.05) is 19.5 Å². The Morgan fingerprint density at radius 1 is 1.33 bits per heavy atom. The zero-order valence-electron chi connectivity index (χ0n) is 12.2. The van der Waals surface area contributed by atoms with Crippen molar-refractivity contribution in [1.29, 1.82) is 0 Å². The Morgan fingerprint density at radius 3 is 2.62 bits per heavy atom. The van der Waals surface area contributed by atoms with Gasteiger partial charge in [-0.1, -0.05) is 18.2 Å². The highest BCUT2D eigenvalue weighted by molar-refractivity contribution is 7.91. The average Bonchev–Trinajstić information content (AvgIpc) is 2.45. The van der Waals surface area contributed by atoms with Crippen molar-refractivity contribution in [2.24, 2.45) is 0 Å². The molecule has 0 bridgehead atoms. The van der Waals surface area contributed by atoms with E-state index in [4.69, 9.17) is 0 Å². The molecule has 0 spiro atoms. The van der Waals surface area contributed by atoms with Crippen LogP contribution in [0.1, 0.15) is 26.2 Å². The van der Waals surface area contributed by atoms with E-state index >= 15 is 0 Å². The number of amides is 1. The fourth-order valence-corrected chi connectivity index (χ4v) is 3.81. The van der Waals surface area contributed by atoms with Gasteiger partial charge in [-0.25, -0.2) is 8.42 Å². The Balaban J connectivity index is 1.95. The Hall–Kier alpha value is -1.40. The number of likely N-dealkylation sites (tertiary alicyclic amines) is 1. The van der Waals surface area contributed by atoms with Crippen molar-refractivity contribution >= 4 is 15.7 Å². The van der Waals surface area contributed by atoms with E-state index < -0.39 is 15.4 Å². The molecule has 1 amide bonds. The Labute approximate surface area is 125 Å². The van der Waals surface area contributed by atoms with Crippen LogP contribution in [-0.4, -0.2) is 48.8 Å². The van der Waals surface area contributed by atoms with Gasteiger partial charge in [-0.05, 0) is 31.9 Å². The number of piperidine rings is 1. The van der Waals surface area contributed by atoms with E-state index in [1.807, 2.05) is 0 Å². The van der Waals surface area contributed by atoms with Crippen molar-refractivity contribution in [3.63, 3.8) is 0 Å². The lowest BCUT2D eigenvalue weighted by Crippen LogP contribution is -2.48. The Kier molecular flexibility index (Phi) is 4.68. The summed E-state index contributed by atoms with van der Waals surface area (Å²) in [5.41, 5.74) is -0.869. The first-order chi connectivity index (χ1) is 9.80. The Morgan fingerprint density at radius 2 is 2.00 bits per heavy atom. The maximum absolute atomic E-state index is 12.1. The molecule has 0 radical (unpaired) electrons. The van der Waals surface area contributed by atoms with Crippen LogP contribution in [0.3, 0.4) is 0 Å². The lowest BCUT2D eigenvalue weighted by atomic mass is 9.95. The standard InChI is InChI=1S/C15H21NO4S/c1-15(18)9-5-10-16(12-15)14(17)8-11-21(19,20)13-6-3-2-4-7-13/h2-4,6-7,18H,5,8-12H2,1H3. The van der Waals surface area contributed by atoms with Gasteiger partial charge in [-0.3, -0.25) is 4.79 Å². The van der Waals surface area contributed by atoms with Crippen LogP contribution in [0.2, 0.25) is 0 Å². The third-order valence-corrected chi connectivity index (χ3v) is 5.45. The quantitative estimate of drug-likeness (QED) is 0.907. The molecule has 1 aliphatic heterocycles. The molecule has 5 nitrogen and oxygen atoms in total. The van der Waals surface area contributed by atoms with E-state index in [1.165, 1.54) is 12.1 Å². The molecule has 0 aromatic heterocycles. The fraction of sp³-hybridized carbons (Fsp3) is 0.533. The molecule has 6 heteroatoms. The summed E-state index contributed by atoms with van der Waals surface area (Å²) in [4.78, 5) is 13.9. The number of β-amino-alcohol motifs (C(OH)–C–C–N with tert-alkyl or cyclic N) is 1. The third-order valence-electron chi connectivity index (χ3n) is 3.71. The van der Waals surface area contributed by atoms with Gasteiger partial charge < -0.3 is 10.0 Å². The fourth-order valence-electron chi connectivity index (χ4n) is 2.56. The van der Waals surface area contributed by atoms with Crippen molar-refractivity contribution in [3.8, 4) is 0 Å². The minimum absolute atomic E-state index is 0.0483. The molecule has 1 heterocycles. The summed E-state index contributed by atoms with van der Waals surface area (Å²) < 4.78 is 24.3. The van der Waals surface area contributed by atoms with Gasteiger partial charge in [0.15, 0.2) is 9.84 Å². The van der Waals surface area contributed by atoms with E-state index in [2.05, 4.69) is 0 Å². The van der Waals surface area contributed by atoms with Crippen molar-refractivity contribution in [1.82, 2.24) is 4.90 Å². The topological polar surface area (TPSA) is 74.7 Å². The van der Waals surface area contributed by atoms with E-state index in [0.29, 0.717) is 13.0 Å². The molecular weight excluding hydrogens is 290 g/mol. The summed E-state index contributed by atoms with van der Waals surface area (Å²) in [5, 5.41) is 9.99. The maximum atomic E-state index is 12.1. The van der Waals surface area contributed by atoms with Crippen molar-refractivity contribution in [3.05, 3.63) is 30.3 Å². The number of carbonyl (C=O) groups is 1. The number of rotatable bonds is 4. The lowest BCUT2D eigenvalue weighted by Gasteiger charge is -2.36. The number of hydrogen-bond acceptors (Lipinski definition) is 4. The number of aliphatic hydroxyl groups is 1. The second kappa shape index (κ2) is 6.15. The lowest BCUT2D eigenvalue weighted by molar-refractivity contribution is -0.137. The molecule has 1 aliphatic rings. The summed E-state index contributed by atoms with van der Waals surface area (Å²) in [5.74, 6) is -0.413. The maximum Gasteiger partial charge on any atom is 0.223 e. The van der Waals surface area contributed by atoms with Gasteiger partial charge in [0.25, 0.3) is 0 Å². The van der Waals surface area contributed by atoms with Crippen molar-refractivity contribution in [2.75, 3.05) is 18.8 Å². The molecule has 1 saturated heterocycles. The summed E-state index contributed by atoms with van der Waals surface area (Å²) in [6, 6.07) is 8.14. The van der Waals surface area contributed by atoms with E-state index in [-0.39, 0.29) is 29.5 Å². The van der Waals surface area contributed by atoms with Crippen LogP contribution < -0.4 is 0 Å². The third kappa shape index (κ3) is 4.28. The van der Waals surface area contributed by atoms with Crippen LogP contribution in [0.5, 0.6) is 0 Å². The summed E-state index contributed by atoms with van der Waals surface area (Å²) in [6.07, 6.45) is 1.36. The summed E-state index contributed by atoms with van der Waals surface area (Å²) in [6.45, 7) is 2.56. The van der Waals surface area contributed by atoms with Gasteiger partial charge in [0.2, 0.25) is 5.91 Å². The molecule has 116 valence electrons. The first-order valence-corrected chi connectivity index (χ1v) is 8.73. The van der Waals surface area contributed by atoms with Gasteiger partial charge in [-0.2, -0.15) is 0 Å². The van der Waals surface area contributed by atoms with Crippen LogP contribution in [0.25, 0.3) is 0 Å². The van der Waals surface area contributed by atoms with Crippen LogP contribution in [-0.2, 0) is 14.6 Å². The molecule has 1 N–H and O–H groups in total. The monoisotopic (exact) mass is 311 g/mol. The molecule has 1 aromatic carbocycles. The highest BCUT2D eigenvalue weighted by Gasteiger charge is 2.31. The highest BCUT2D eigenvalue weighted by Crippen LogP contribution is 2.21. The number of carbonyl (C=O) groups excluding carboxylic acids is 1. The molecule has 21 heavy (non-hydrogen) atoms. The minimum atomic E-state index is -3.43. The molecule has 1 fully saturated rings. The zero-order chi connectivity index (χ0) is 15.5. The van der Waals surface area contributed by atoms with Crippen molar-refractivity contribution < 1.29 is 18.3 Å². The first kappa shape index (κ1) is 16.0. The van der Waals surface area contributed by atoms with E-state index in [0.717, 1.165) is 6.42 Å². The van der Waals surface area contributed by atoms with Gasteiger partial charge in [0.1, 0.15) is 0 Å². The van der Waals surface area contributed by atoms with Crippen LogP contribution in [0.4, 0.5) is 0 Å². The van der Waals surface area contributed by atoms with Crippen molar-refractivity contribution in [2.45, 2.75) is 36.7 Å². The summed E-state index contributed by atoms with van der Waals surface area (Å²) in [7, 11) is -3.43. The number of nitrogens with zero attached hydrogens (tertiary/aromatic N) is 1. The molecular formula is C15H21NO4S. The number of sulfone groups is 1. The molecule has 2 rings (SSSR count). The van der Waals surface area contributed by atoms with Gasteiger partial charge in [0.05, 0.1) is 16.2 Å². The van der Waals surface area contributed by atoms with Crippen LogP contribution >= 0.6 is 0 Å². The second-order valence-corrected chi connectivity index (χ2v) is 7.91. The van der Waals surface area contributed by atoms with Gasteiger partial charge in [-0.15, -0.1) is 0 Å². The number of benzene rings is 1. The average molecular weight is 311 g/mol. The molecule has 1 atom stereocenters. The molecule has 0 aliphatic carbocycles. The Bertz CT molecular complexity index is 595. The zero-order valence-corrected chi connectivity index (χ0v) is 13.0. The minimum Gasteiger partial charge on any atom is -0.388 e. The number of hydrogen-bond donors (Lipinski definition) is 1. The van der Waals surface area contributed by atoms with E-state index in [9.17, 15) is 18.3 Å². The van der Waals surface area contributed by atoms with Crippen LogP contribution in [0.15, 0.2) is 35.2 Å². The predicted molar refractivity (Wildman–Crippen MR) is 79.5 cm³/mol. The normalized spacial score (nSPS) is 23.0. The largest absolute Gasteiger partial charge is 0.388 e. The highest BCUT2D eigenvalue weighted by atomic mass is 32.2. The van der Waals surface area contributed by atoms with Gasteiger partial charge >= 0.3 is 0 Å². The molecule has 0 saturated carbocycles. The summed E-state index contributed by atoms with van der Waals surface area (Å²) >= 11 is 0. The smallest absolute Gasteiger partial charge is 0.223 e. The molecule has 1 aromatic rings. The first-order valence-electron chi connectivity index (χ1n) is 7.08. The predicted octanol–water partition coefficient (Wildman–Crippen LogP) is 1.22. The second-order valence-electron chi connectivity index (χ2n) is 5.80.